The highest BCUT2D eigenvalue weighted by atomic mass is 32.1. The number of hydrogen-bond donors (Lipinski definition) is 0. The molecular weight excluding hydrogens is 456 g/mol. The average molecular weight is 487 g/mol. The molecule has 0 amide bonds. The fourth-order valence-corrected chi connectivity index (χ4v) is 5.87. The molecule has 0 aliphatic carbocycles. The van der Waals surface area contributed by atoms with E-state index in [2.05, 4.69) is 33.0 Å². The highest BCUT2D eigenvalue weighted by molar-refractivity contribution is 7.71. The molecule has 0 spiro atoms. The van der Waals surface area contributed by atoms with Crippen LogP contribution in [0.2, 0.25) is 0 Å². The first-order valence-corrected chi connectivity index (χ1v) is 12.8. The lowest BCUT2D eigenvalue weighted by Gasteiger charge is -2.26. The van der Waals surface area contributed by atoms with Crippen molar-refractivity contribution in [2.45, 2.75) is 51.0 Å². The van der Waals surface area contributed by atoms with Gasteiger partial charge in [-0.3, -0.25) is 9.47 Å². The van der Waals surface area contributed by atoms with Gasteiger partial charge in [0.1, 0.15) is 11.5 Å². The van der Waals surface area contributed by atoms with Crippen LogP contribution in [0.5, 0.6) is 11.5 Å². The Morgan fingerprint density at radius 1 is 1.18 bits per heavy atom. The molecule has 3 aromatic rings. The van der Waals surface area contributed by atoms with Crippen molar-refractivity contribution in [3.8, 4) is 22.2 Å². The highest BCUT2D eigenvalue weighted by Crippen LogP contribution is 2.39. The number of rotatable bonds is 8. The number of hydrogen-bond acceptors (Lipinski definition) is 7. The number of nitrogens with zero attached hydrogens (tertiary/aromatic N) is 4. The molecule has 176 valence electrons. The number of likely N-dealkylation sites (tertiary alicyclic amines) is 1. The van der Waals surface area contributed by atoms with Gasteiger partial charge in [0.05, 0.1) is 38.4 Å². The third-order valence-corrected chi connectivity index (χ3v) is 7.85. The SMILES string of the molecule is COc1ccc([C@@H]2CCCN2Cn2nc(-c3cccs3)n(C[C@H]3CCCO3)c2=S)c(OC)c1. The predicted molar refractivity (Wildman–Crippen MR) is 132 cm³/mol. The first-order valence-electron chi connectivity index (χ1n) is 11.5. The Morgan fingerprint density at radius 3 is 2.82 bits per heavy atom. The van der Waals surface area contributed by atoms with E-state index in [1.165, 1.54) is 5.56 Å². The van der Waals surface area contributed by atoms with Gasteiger partial charge in [0, 0.05) is 30.8 Å². The highest BCUT2D eigenvalue weighted by Gasteiger charge is 2.30. The smallest absolute Gasteiger partial charge is 0.199 e. The summed E-state index contributed by atoms with van der Waals surface area (Å²) in [5.41, 5.74) is 1.18. The zero-order chi connectivity index (χ0) is 22.8. The van der Waals surface area contributed by atoms with Gasteiger partial charge in [0.25, 0.3) is 0 Å². The molecule has 2 aromatic heterocycles. The van der Waals surface area contributed by atoms with Crippen LogP contribution in [0, 0.1) is 4.77 Å². The number of ether oxygens (including phenoxy) is 3. The summed E-state index contributed by atoms with van der Waals surface area (Å²) in [6.07, 6.45) is 4.59. The van der Waals surface area contributed by atoms with E-state index in [-0.39, 0.29) is 12.1 Å². The van der Waals surface area contributed by atoms with E-state index in [1.807, 2.05) is 16.8 Å². The maximum Gasteiger partial charge on any atom is 0.199 e. The Labute approximate surface area is 203 Å². The van der Waals surface area contributed by atoms with Crippen LogP contribution in [0.15, 0.2) is 35.7 Å². The van der Waals surface area contributed by atoms with E-state index < -0.39 is 0 Å². The van der Waals surface area contributed by atoms with Crippen molar-refractivity contribution >= 4 is 23.6 Å². The number of methoxy groups -OCH3 is 2. The summed E-state index contributed by atoms with van der Waals surface area (Å²) < 4.78 is 21.9. The fourth-order valence-electron chi connectivity index (χ4n) is 4.89. The van der Waals surface area contributed by atoms with E-state index >= 15 is 0 Å². The van der Waals surface area contributed by atoms with Crippen molar-refractivity contribution in [1.82, 2.24) is 19.2 Å². The molecule has 33 heavy (non-hydrogen) atoms. The first-order chi connectivity index (χ1) is 16.2. The Balaban J connectivity index is 1.44. The minimum Gasteiger partial charge on any atom is -0.497 e. The molecule has 7 nitrogen and oxygen atoms in total. The molecule has 0 bridgehead atoms. The molecule has 0 N–H and O–H groups in total. The number of thiophene rings is 1. The first kappa shape index (κ1) is 22.6. The monoisotopic (exact) mass is 486 g/mol. The minimum absolute atomic E-state index is 0.205. The Morgan fingerprint density at radius 2 is 2.09 bits per heavy atom. The molecule has 9 heteroatoms. The Kier molecular flexibility index (Phi) is 6.82. The standard InChI is InChI=1S/C24H30N4O3S2/c1-29-17-9-10-19(21(14-17)30-2)20-7-3-11-26(20)16-28-24(32)27(15-18-6-4-12-31-18)23(25-28)22-8-5-13-33-22/h5,8-10,13-14,18,20H,3-4,6-7,11-12,15-16H2,1-2H3/t18-,20+/m1/s1. The fraction of sp³-hybridized carbons (Fsp3) is 0.500. The summed E-state index contributed by atoms with van der Waals surface area (Å²) >= 11 is 7.63. The normalized spacial score (nSPS) is 21.0. The molecule has 2 aliphatic heterocycles. The average Bonchev–Trinajstić information content (AvgIpc) is 3.64. The summed E-state index contributed by atoms with van der Waals surface area (Å²) in [7, 11) is 3.39. The molecule has 2 fully saturated rings. The topological polar surface area (TPSA) is 53.7 Å². The largest absolute Gasteiger partial charge is 0.497 e. The van der Waals surface area contributed by atoms with Crippen molar-refractivity contribution in [2.75, 3.05) is 27.4 Å². The maximum absolute atomic E-state index is 5.94. The second-order valence-electron chi connectivity index (χ2n) is 8.55. The van der Waals surface area contributed by atoms with Gasteiger partial charge >= 0.3 is 0 Å². The number of benzene rings is 1. The third kappa shape index (κ3) is 4.59. The molecule has 2 saturated heterocycles. The third-order valence-electron chi connectivity index (χ3n) is 6.55. The molecule has 5 rings (SSSR count). The van der Waals surface area contributed by atoms with Crippen molar-refractivity contribution in [3.05, 3.63) is 46.0 Å². The zero-order valence-electron chi connectivity index (χ0n) is 19.1. The lowest BCUT2D eigenvalue weighted by molar-refractivity contribution is 0.0966. The Bertz CT molecular complexity index is 1140. The van der Waals surface area contributed by atoms with E-state index in [9.17, 15) is 0 Å². The predicted octanol–water partition coefficient (Wildman–Crippen LogP) is 5.13. The van der Waals surface area contributed by atoms with Crippen LogP contribution in [-0.4, -0.2) is 52.7 Å². The Hall–Kier alpha value is -2.20. The van der Waals surface area contributed by atoms with Crippen LogP contribution >= 0.6 is 23.6 Å². The zero-order valence-corrected chi connectivity index (χ0v) is 20.7. The van der Waals surface area contributed by atoms with E-state index in [0.717, 1.165) is 72.4 Å². The number of aromatic nitrogens is 3. The lowest BCUT2D eigenvalue weighted by atomic mass is 10.0. The summed E-state index contributed by atoms with van der Waals surface area (Å²) in [6, 6.07) is 10.5. The van der Waals surface area contributed by atoms with Crippen molar-refractivity contribution in [3.63, 3.8) is 0 Å². The van der Waals surface area contributed by atoms with Gasteiger partial charge in [-0.05, 0) is 55.4 Å². The van der Waals surface area contributed by atoms with E-state index in [0.29, 0.717) is 6.67 Å². The van der Waals surface area contributed by atoms with E-state index in [1.54, 1.807) is 25.6 Å². The summed E-state index contributed by atoms with van der Waals surface area (Å²) in [5, 5.41) is 7.08. The maximum atomic E-state index is 5.94. The molecule has 4 heterocycles. The minimum atomic E-state index is 0.205. The molecule has 0 radical (unpaired) electrons. The molecule has 1 aromatic carbocycles. The van der Waals surface area contributed by atoms with Gasteiger partial charge in [-0.2, -0.15) is 0 Å². The molecule has 0 saturated carbocycles. The van der Waals surface area contributed by atoms with Gasteiger partial charge in [-0.25, -0.2) is 4.68 Å². The molecule has 2 atom stereocenters. The van der Waals surface area contributed by atoms with Gasteiger partial charge in [0.15, 0.2) is 10.6 Å². The summed E-state index contributed by atoms with van der Waals surface area (Å²) in [5.74, 6) is 2.59. The van der Waals surface area contributed by atoms with Crippen LogP contribution in [-0.2, 0) is 18.0 Å². The van der Waals surface area contributed by atoms with Gasteiger partial charge < -0.3 is 14.2 Å². The summed E-state index contributed by atoms with van der Waals surface area (Å²) in [4.78, 5) is 3.58. The van der Waals surface area contributed by atoms with Crippen molar-refractivity contribution in [1.29, 1.82) is 0 Å². The van der Waals surface area contributed by atoms with Gasteiger partial charge in [-0.15, -0.1) is 16.4 Å². The van der Waals surface area contributed by atoms with E-state index in [4.69, 9.17) is 31.5 Å². The molecule has 2 aliphatic rings. The molecule has 0 unspecified atom stereocenters. The van der Waals surface area contributed by atoms with Gasteiger partial charge in [-0.1, -0.05) is 12.1 Å². The van der Waals surface area contributed by atoms with Crippen molar-refractivity contribution in [2.24, 2.45) is 0 Å². The van der Waals surface area contributed by atoms with Gasteiger partial charge in [0.2, 0.25) is 0 Å². The second kappa shape index (κ2) is 9.97. The van der Waals surface area contributed by atoms with Crippen LogP contribution in [0.1, 0.15) is 37.3 Å². The van der Waals surface area contributed by atoms with Crippen molar-refractivity contribution < 1.29 is 14.2 Å². The van der Waals surface area contributed by atoms with Crippen LogP contribution < -0.4 is 9.47 Å². The van der Waals surface area contributed by atoms with Crippen LogP contribution in [0.3, 0.4) is 0 Å². The quantitative estimate of drug-likeness (QED) is 0.411. The lowest BCUT2D eigenvalue weighted by Crippen LogP contribution is -2.27. The van der Waals surface area contributed by atoms with Crippen LogP contribution in [0.4, 0.5) is 0 Å². The van der Waals surface area contributed by atoms with Crippen LogP contribution in [0.25, 0.3) is 10.7 Å². The second-order valence-corrected chi connectivity index (χ2v) is 9.86. The summed E-state index contributed by atoms with van der Waals surface area (Å²) in [6.45, 7) is 3.23. The molecular formula is C24H30N4O3S2.